The van der Waals surface area contributed by atoms with Gasteiger partial charge in [-0.05, 0) is 37.3 Å². The van der Waals surface area contributed by atoms with E-state index in [1.165, 1.54) is 10.9 Å². The number of anilines is 1. The highest BCUT2D eigenvalue weighted by Gasteiger charge is 2.23. The van der Waals surface area contributed by atoms with Gasteiger partial charge < -0.3 is 14.5 Å². The number of nitrogens with zero attached hydrogens (tertiary/aromatic N) is 4. The van der Waals surface area contributed by atoms with Gasteiger partial charge in [-0.1, -0.05) is 18.2 Å². The lowest BCUT2D eigenvalue weighted by Gasteiger charge is -2.10. The molecule has 30 heavy (non-hydrogen) atoms. The number of ether oxygens (including phenoxy) is 1. The van der Waals surface area contributed by atoms with E-state index in [0.29, 0.717) is 18.0 Å². The molecule has 0 aliphatic rings. The average Bonchev–Trinajstić information content (AvgIpc) is 3.50. The van der Waals surface area contributed by atoms with Crippen LogP contribution in [0.2, 0.25) is 0 Å². The number of furan rings is 1. The van der Waals surface area contributed by atoms with E-state index in [1.807, 2.05) is 30.3 Å². The number of para-hydroxylation sites is 1. The van der Waals surface area contributed by atoms with Crippen molar-refractivity contribution in [2.75, 3.05) is 11.9 Å². The number of benzene rings is 1. The average molecular weight is 405 g/mol. The Morgan fingerprint density at radius 3 is 2.67 bits per heavy atom. The Balaban J connectivity index is 1.61. The second kappa shape index (κ2) is 8.48. The molecule has 0 spiro atoms. The highest BCUT2D eigenvalue weighted by molar-refractivity contribution is 6.06. The lowest BCUT2D eigenvalue weighted by atomic mass is 10.3. The Morgan fingerprint density at radius 2 is 1.93 bits per heavy atom. The number of nitrogens with one attached hydrogen (secondary N) is 1. The summed E-state index contributed by atoms with van der Waals surface area (Å²) < 4.78 is 13.9. The molecule has 0 aliphatic heterocycles. The Kier molecular flexibility index (Phi) is 5.42. The maximum Gasteiger partial charge on any atom is 0.343 e. The molecule has 0 saturated heterocycles. The van der Waals surface area contributed by atoms with E-state index in [2.05, 4.69) is 15.5 Å². The van der Waals surface area contributed by atoms with E-state index in [9.17, 15) is 9.59 Å². The molecule has 3 aromatic heterocycles. The van der Waals surface area contributed by atoms with Crippen molar-refractivity contribution in [3.63, 3.8) is 0 Å². The molecule has 1 N–H and O–H groups in total. The normalized spacial score (nSPS) is 10.7. The molecule has 1 aromatic carbocycles. The maximum absolute atomic E-state index is 12.8. The molecule has 0 unspecified atom stereocenters. The Morgan fingerprint density at radius 1 is 1.10 bits per heavy atom. The summed E-state index contributed by atoms with van der Waals surface area (Å²) in [6.45, 7) is 2.32. The highest BCUT2D eigenvalue weighted by atomic mass is 16.5. The third-order valence-electron chi connectivity index (χ3n) is 4.26. The zero-order valence-electron chi connectivity index (χ0n) is 16.2. The van der Waals surface area contributed by atoms with Crippen LogP contribution in [0.4, 0.5) is 5.82 Å². The second-order valence-electron chi connectivity index (χ2n) is 6.30. The number of carbonyl (C=O) groups is 2. The largest absolute Gasteiger partial charge is 0.462 e. The smallest absolute Gasteiger partial charge is 0.343 e. The summed E-state index contributed by atoms with van der Waals surface area (Å²) in [5.41, 5.74) is 0.833. The fraction of sp³-hybridized carbons (Fsp3) is 0.143. The molecule has 9 heteroatoms. The molecule has 152 valence electrons. The third-order valence-corrected chi connectivity index (χ3v) is 4.26. The van der Waals surface area contributed by atoms with Gasteiger partial charge in [-0.2, -0.15) is 10.2 Å². The number of aromatic nitrogens is 4. The minimum absolute atomic E-state index is 0.104. The van der Waals surface area contributed by atoms with Crippen LogP contribution in [-0.2, 0) is 11.3 Å². The first-order valence-corrected chi connectivity index (χ1v) is 9.33. The number of carbonyl (C=O) groups excluding carboxylic acids is 2. The fourth-order valence-electron chi connectivity index (χ4n) is 2.90. The van der Waals surface area contributed by atoms with Gasteiger partial charge in [-0.15, -0.1) is 0 Å². The van der Waals surface area contributed by atoms with Crippen LogP contribution in [0.5, 0.6) is 0 Å². The minimum atomic E-state index is -0.575. The second-order valence-corrected chi connectivity index (χ2v) is 6.30. The summed E-state index contributed by atoms with van der Waals surface area (Å²) in [6, 6.07) is 14.2. The summed E-state index contributed by atoms with van der Waals surface area (Å²) in [5.74, 6) is -0.202. The molecule has 4 rings (SSSR count). The van der Waals surface area contributed by atoms with Crippen LogP contribution in [0.3, 0.4) is 0 Å². The highest BCUT2D eigenvalue weighted by Crippen LogP contribution is 2.22. The summed E-state index contributed by atoms with van der Waals surface area (Å²) in [4.78, 5) is 25.2. The van der Waals surface area contributed by atoms with Crippen molar-refractivity contribution in [3.05, 3.63) is 84.2 Å². The van der Waals surface area contributed by atoms with Crippen LogP contribution < -0.4 is 5.32 Å². The van der Waals surface area contributed by atoms with Crippen molar-refractivity contribution < 1.29 is 18.7 Å². The maximum atomic E-state index is 12.8. The Labute approximate surface area is 171 Å². The van der Waals surface area contributed by atoms with E-state index in [-0.39, 0.29) is 23.7 Å². The lowest BCUT2D eigenvalue weighted by molar-refractivity contribution is 0.0527. The zero-order valence-corrected chi connectivity index (χ0v) is 16.2. The lowest BCUT2D eigenvalue weighted by Crippen LogP contribution is -2.17. The van der Waals surface area contributed by atoms with E-state index in [4.69, 9.17) is 9.15 Å². The quantitative estimate of drug-likeness (QED) is 0.474. The van der Waals surface area contributed by atoms with E-state index in [0.717, 1.165) is 0 Å². The molecule has 0 bridgehead atoms. The van der Waals surface area contributed by atoms with Crippen LogP contribution >= 0.6 is 0 Å². The fourth-order valence-corrected chi connectivity index (χ4v) is 2.90. The van der Waals surface area contributed by atoms with Gasteiger partial charge in [0.15, 0.2) is 11.6 Å². The molecule has 0 aliphatic carbocycles. The molecule has 0 radical (unpaired) electrons. The number of rotatable bonds is 7. The first-order chi connectivity index (χ1) is 14.7. The standard InChI is InChI=1S/C21H19N5O4/c1-2-29-21(28)17-13-23-26(15-7-4-3-5-8-15)19(17)24-20(27)18-10-9-16(30-18)14-25-12-6-11-22-25/h3-13H,2,14H2,1H3,(H,24,27). The van der Waals surface area contributed by atoms with Gasteiger partial charge >= 0.3 is 5.97 Å². The van der Waals surface area contributed by atoms with Gasteiger partial charge in [-0.25, -0.2) is 9.48 Å². The van der Waals surface area contributed by atoms with Crippen LogP contribution in [0.1, 0.15) is 33.6 Å². The van der Waals surface area contributed by atoms with Crippen LogP contribution in [0.15, 0.2) is 71.5 Å². The third kappa shape index (κ3) is 4.00. The van der Waals surface area contributed by atoms with E-state index < -0.39 is 11.9 Å². The minimum Gasteiger partial charge on any atom is -0.462 e. The Hall–Kier alpha value is -4.14. The van der Waals surface area contributed by atoms with Crippen LogP contribution in [-0.4, -0.2) is 38.0 Å². The topological polar surface area (TPSA) is 104 Å². The van der Waals surface area contributed by atoms with Gasteiger partial charge in [0, 0.05) is 12.4 Å². The molecule has 0 atom stereocenters. The molecule has 0 saturated carbocycles. The predicted molar refractivity (Wildman–Crippen MR) is 108 cm³/mol. The number of amides is 1. The van der Waals surface area contributed by atoms with Crippen LogP contribution in [0.25, 0.3) is 5.69 Å². The monoisotopic (exact) mass is 405 g/mol. The van der Waals surface area contributed by atoms with Crippen molar-refractivity contribution >= 4 is 17.7 Å². The predicted octanol–water partition coefficient (Wildman–Crippen LogP) is 3.14. The van der Waals surface area contributed by atoms with Crippen LogP contribution in [0, 0.1) is 0 Å². The zero-order chi connectivity index (χ0) is 20.9. The summed E-state index contributed by atoms with van der Waals surface area (Å²) in [6.07, 6.45) is 4.83. The van der Waals surface area contributed by atoms with Crippen molar-refractivity contribution in [3.8, 4) is 5.69 Å². The van der Waals surface area contributed by atoms with E-state index >= 15 is 0 Å². The number of esters is 1. The van der Waals surface area contributed by atoms with E-state index in [1.54, 1.807) is 42.2 Å². The molecular weight excluding hydrogens is 386 g/mol. The van der Waals surface area contributed by atoms with Gasteiger partial charge in [0.1, 0.15) is 11.3 Å². The van der Waals surface area contributed by atoms with Gasteiger partial charge in [0.25, 0.3) is 5.91 Å². The van der Waals surface area contributed by atoms with Gasteiger partial charge in [0.2, 0.25) is 0 Å². The van der Waals surface area contributed by atoms with Crippen molar-refractivity contribution in [1.29, 1.82) is 0 Å². The molecule has 0 fully saturated rings. The molecule has 4 aromatic rings. The van der Waals surface area contributed by atoms with Gasteiger partial charge in [-0.3, -0.25) is 9.48 Å². The SMILES string of the molecule is CCOC(=O)c1cnn(-c2ccccc2)c1NC(=O)c1ccc(Cn2cccn2)o1. The number of hydrogen-bond acceptors (Lipinski definition) is 6. The van der Waals surface area contributed by atoms with Crippen molar-refractivity contribution in [2.24, 2.45) is 0 Å². The Bertz CT molecular complexity index is 1150. The first-order valence-electron chi connectivity index (χ1n) is 9.33. The van der Waals surface area contributed by atoms with Crippen molar-refractivity contribution in [2.45, 2.75) is 13.5 Å². The summed E-state index contributed by atoms with van der Waals surface area (Å²) in [7, 11) is 0. The van der Waals surface area contributed by atoms with Gasteiger partial charge in [0.05, 0.1) is 25.0 Å². The molecule has 3 heterocycles. The molecule has 1 amide bonds. The first kappa shape index (κ1) is 19.2. The number of hydrogen-bond donors (Lipinski definition) is 1. The molecular formula is C21H19N5O4. The summed E-state index contributed by atoms with van der Waals surface area (Å²) >= 11 is 0. The summed E-state index contributed by atoms with van der Waals surface area (Å²) in [5, 5.41) is 11.1. The van der Waals surface area contributed by atoms with Crippen molar-refractivity contribution in [1.82, 2.24) is 19.6 Å². The molecule has 9 nitrogen and oxygen atoms in total.